The minimum Gasteiger partial charge on any atom is -0.481 e. The fourth-order valence-electron chi connectivity index (χ4n) is 2.03. The molecule has 0 saturated carbocycles. The molecule has 2 rings (SSSR count). The first-order valence-electron chi connectivity index (χ1n) is 7.43. The smallest absolute Gasteiger partial charge is 0.315 e. The van der Waals surface area contributed by atoms with Gasteiger partial charge in [0.25, 0.3) is 0 Å². The molecule has 0 fully saturated rings. The highest BCUT2D eigenvalue weighted by Crippen LogP contribution is 2.03. The summed E-state index contributed by atoms with van der Waals surface area (Å²) in [7, 11) is 0. The number of nitrogens with one attached hydrogen (secondary N) is 2. The third-order valence-corrected chi connectivity index (χ3v) is 3.17. The van der Waals surface area contributed by atoms with Crippen LogP contribution in [0, 0.1) is 0 Å². The highest BCUT2D eigenvalue weighted by molar-refractivity contribution is 5.73. The summed E-state index contributed by atoms with van der Waals surface area (Å²) < 4.78 is 1.82. The molecule has 1 aromatic carbocycles. The summed E-state index contributed by atoms with van der Waals surface area (Å²) in [6, 6.07) is 11.5. The molecule has 23 heavy (non-hydrogen) atoms. The van der Waals surface area contributed by atoms with Crippen LogP contribution in [0.2, 0.25) is 0 Å². The molecule has 0 aliphatic carbocycles. The molecule has 0 saturated heterocycles. The molecule has 0 spiro atoms. The Balaban J connectivity index is 1.70. The van der Waals surface area contributed by atoms with Crippen LogP contribution in [-0.2, 0) is 17.9 Å². The first kappa shape index (κ1) is 16.5. The number of carbonyl (C=O) groups excluding carboxylic acids is 1. The topological polar surface area (TPSA) is 96.3 Å². The first-order chi connectivity index (χ1) is 11.1. The number of hydrogen-bond acceptors (Lipinski definition) is 3. The average molecular weight is 316 g/mol. The largest absolute Gasteiger partial charge is 0.481 e. The number of carboxylic acid groups (broad SMARTS) is 1. The molecule has 2 amide bonds. The summed E-state index contributed by atoms with van der Waals surface area (Å²) in [5.74, 6) is -0.865. The van der Waals surface area contributed by atoms with E-state index in [0.717, 1.165) is 11.3 Å². The molecule has 0 unspecified atom stereocenters. The highest BCUT2D eigenvalue weighted by Gasteiger charge is 2.04. The number of rotatable bonds is 8. The summed E-state index contributed by atoms with van der Waals surface area (Å²) in [6.45, 7) is 1.34. The third kappa shape index (κ3) is 6.21. The van der Waals surface area contributed by atoms with Gasteiger partial charge in [0.1, 0.15) is 0 Å². The molecule has 1 heterocycles. The van der Waals surface area contributed by atoms with Gasteiger partial charge in [-0.3, -0.25) is 9.48 Å². The number of hydrogen-bond donors (Lipinski definition) is 3. The van der Waals surface area contributed by atoms with Crippen LogP contribution in [-0.4, -0.2) is 33.4 Å². The molecule has 1 aromatic heterocycles. The molecular formula is C16H20N4O3. The van der Waals surface area contributed by atoms with Crippen molar-refractivity contribution in [1.82, 2.24) is 20.4 Å². The lowest BCUT2D eigenvalue weighted by molar-refractivity contribution is -0.137. The van der Waals surface area contributed by atoms with Gasteiger partial charge in [-0.05, 0) is 18.1 Å². The van der Waals surface area contributed by atoms with Crippen LogP contribution < -0.4 is 10.6 Å². The van der Waals surface area contributed by atoms with Crippen molar-refractivity contribution in [1.29, 1.82) is 0 Å². The van der Waals surface area contributed by atoms with Crippen molar-refractivity contribution in [2.45, 2.75) is 25.9 Å². The molecule has 0 radical (unpaired) electrons. The second-order valence-electron chi connectivity index (χ2n) is 5.10. The van der Waals surface area contributed by atoms with E-state index in [-0.39, 0.29) is 12.5 Å². The first-order valence-corrected chi connectivity index (χ1v) is 7.43. The Kier molecular flexibility index (Phi) is 6.17. The zero-order valence-corrected chi connectivity index (χ0v) is 12.7. The van der Waals surface area contributed by atoms with Crippen molar-refractivity contribution >= 4 is 12.0 Å². The Morgan fingerprint density at radius 1 is 1.13 bits per heavy atom. The average Bonchev–Trinajstić information content (AvgIpc) is 2.98. The number of aliphatic carboxylic acids is 1. The van der Waals surface area contributed by atoms with Crippen molar-refractivity contribution in [3.8, 4) is 0 Å². The molecule has 3 N–H and O–H groups in total. The fraction of sp³-hybridized carbons (Fsp3) is 0.312. The van der Waals surface area contributed by atoms with E-state index in [2.05, 4.69) is 15.7 Å². The summed E-state index contributed by atoms with van der Waals surface area (Å²) in [5, 5.41) is 18.2. The number of carbonyl (C=O) groups is 2. The van der Waals surface area contributed by atoms with E-state index in [1.165, 1.54) is 0 Å². The van der Waals surface area contributed by atoms with Crippen LogP contribution in [0.4, 0.5) is 4.79 Å². The van der Waals surface area contributed by atoms with E-state index in [9.17, 15) is 9.59 Å². The molecule has 122 valence electrons. The van der Waals surface area contributed by atoms with Crippen molar-refractivity contribution < 1.29 is 14.7 Å². The van der Waals surface area contributed by atoms with Crippen molar-refractivity contribution in [3.63, 3.8) is 0 Å². The minimum absolute atomic E-state index is 0.0458. The SMILES string of the molecule is O=C(O)CCCNC(=O)NCc1ccn(Cc2ccccc2)n1. The van der Waals surface area contributed by atoms with Gasteiger partial charge in [0.2, 0.25) is 0 Å². The van der Waals surface area contributed by atoms with Gasteiger partial charge in [0.05, 0.1) is 18.8 Å². The maximum atomic E-state index is 11.6. The van der Waals surface area contributed by atoms with E-state index in [1.807, 2.05) is 47.3 Å². The second-order valence-corrected chi connectivity index (χ2v) is 5.10. The Labute approximate surface area is 134 Å². The quantitative estimate of drug-likeness (QED) is 0.644. The van der Waals surface area contributed by atoms with E-state index < -0.39 is 5.97 Å². The summed E-state index contributed by atoms with van der Waals surface area (Å²) >= 11 is 0. The second kappa shape index (κ2) is 8.57. The predicted molar refractivity (Wildman–Crippen MR) is 84.9 cm³/mol. The van der Waals surface area contributed by atoms with Crippen molar-refractivity contribution in [2.75, 3.05) is 6.54 Å². The lowest BCUT2D eigenvalue weighted by Gasteiger charge is -2.05. The van der Waals surface area contributed by atoms with E-state index in [0.29, 0.717) is 26.1 Å². The van der Waals surface area contributed by atoms with E-state index in [4.69, 9.17) is 5.11 Å². The van der Waals surface area contributed by atoms with Gasteiger partial charge >= 0.3 is 12.0 Å². The van der Waals surface area contributed by atoms with E-state index in [1.54, 1.807) is 0 Å². The molecule has 2 aromatic rings. The number of nitrogens with zero attached hydrogens (tertiary/aromatic N) is 2. The highest BCUT2D eigenvalue weighted by atomic mass is 16.4. The van der Waals surface area contributed by atoms with Crippen LogP contribution >= 0.6 is 0 Å². The van der Waals surface area contributed by atoms with Gasteiger partial charge in [-0.1, -0.05) is 30.3 Å². The molecule has 0 aliphatic rings. The Morgan fingerprint density at radius 3 is 2.65 bits per heavy atom. The Bertz CT molecular complexity index is 640. The monoisotopic (exact) mass is 316 g/mol. The lowest BCUT2D eigenvalue weighted by atomic mass is 10.2. The van der Waals surface area contributed by atoms with Crippen LogP contribution in [0.5, 0.6) is 0 Å². The summed E-state index contributed by atoms with van der Waals surface area (Å²) in [5.41, 5.74) is 1.92. The zero-order valence-electron chi connectivity index (χ0n) is 12.7. The molecule has 0 bridgehead atoms. The maximum Gasteiger partial charge on any atom is 0.315 e. The summed E-state index contributed by atoms with van der Waals surface area (Å²) in [6.07, 6.45) is 2.33. The minimum atomic E-state index is -0.865. The number of carboxylic acids is 1. The van der Waals surface area contributed by atoms with Crippen LogP contribution in [0.1, 0.15) is 24.1 Å². The number of aromatic nitrogens is 2. The van der Waals surface area contributed by atoms with Gasteiger partial charge < -0.3 is 15.7 Å². The van der Waals surface area contributed by atoms with Crippen molar-refractivity contribution in [2.24, 2.45) is 0 Å². The zero-order chi connectivity index (χ0) is 16.5. The van der Waals surface area contributed by atoms with Crippen molar-refractivity contribution in [3.05, 3.63) is 53.9 Å². The van der Waals surface area contributed by atoms with Gasteiger partial charge in [-0.2, -0.15) is 5.10 Å². The molecule has 7 nitrogen and oxygen atoms in total. The molecule has 0 aliphatic heterocycles. The van der Waals surface area contributed by atoms with Gasteiger partial charge in [-0.25, -0.2) is 4.79 Å². The normalized spacial score (nSPS) is 10.3. The Hall–Kier alpha value is -2.83. The van der Waals surface area contributed by atoms with E-state index >= 15 is 0 Å². The van der Waals surface area contributed by atoms with Gasteiger partial charge in [-0.15, -0.1) is 0 Å². The fourth-order valence-corrected chi connectivity index (χ4v) is 2.03. The van der Waals surface area contributed by atoms with Crippen LogP contribution in [0.25, 0.3) is 0 Å². The summed E-state index contributed by atoms with van der Waals surface area (Å²) in [4.78, 5) is 21.9. The van der Waals surface area contributed by atoms with Crippen LogP contribution in [0.15, 0.2) is 42.6 Å². The van der Waals surface area contributed by atoms with Gasteiger partial charge in [0, 0.05) is 19.2 Å². The predicted octanol–water partition coefficient (Wildman–Crippen LogP) is 1.60. The number of urea groups is 1. The third-order valence-electron chi connectivity index (χ3n) is 3.17. The number of amides is 2. The molecular weight excluding hydrogens is 296 g/mol. The molecule has 0 atom stereocenters. The number of benzene rings is 1. The standard InChI is InChI=1S/C16H20N4O3/c21-15(22)7-4-9-17-16(23)18-11-14-8-10-20(19-14)12-13-5-2-1-3-6-13/h1-3,5-6,8,10H,4,7,9,11-12H2,(H,21,22)(H2,17,18,23). The van der Waals surface area contributed by atoms with Gasteiger partial charge in [0.15, 0.2) is 0 Å². The molecule has 7 heteroatoms. The maximum absolute atomic E-state index is 11.6. The van der Waals surface area contributed by atoms with Crippen LogP contribution in [0.3, 0.4) is 0 Å². The Morgan fingerprint density at radius 2 is 1.91 bits per heavy atom. The lowest BCUT2D eigenvalue weighted by Crippen LogP contribution is -2.35.